The van der Waals surface area contributed by atoms with E-state index >= 15 is 0 Å². The Kier molecular flexibility index (Phi) is 3.91. The van der Waals surface area contributed by atoms with Crippen LogP contribution >= 0.6 is 0 Å². The molecule has 0 aliphatic heterocycles. The number of methoxy groups -OCH3 is 1. The first-order valence-electron chi connectivity index (χ1n) is 6.44. The van der Waals surface area contributed by atoms with Gasteiger partial charge in [0.05, 0.1) is 12.7 Å². The van der Waals surface area contributed by atoms with Crippen molar-refractivity contribution in [3.63, 3.8) is 0 Å². The number of aliphatic hydroxyl groups is 1. The van der Waals surface area contributed by atoms with Crippen LogP contribution in [0.3, 0.4) is 0 Å². The van der Waals surface area contributed by atoms with Crippen LogP contribution in [-0.4, -0.2) is 12.2 Å². The molecule has 0 bridgehead atoms. The van der Waals surface area contributed by atoms with Crippen molar-refractivity contribution in [1.29, 1.82) is 0 Å². The Bertz CT molecular complexity index is 541. The van der Waals surface area contributed by atoms with Gasteiger partial charge in [0.1, 0.15) is 5.75 Å². The van der Waals surface area contributed by atoms with E-state index in [9.17, 15) is 5.11 Å². The van der Waals surface area contributed by atoms with Gasteiger partial charge in [-0.1, -0.05) is 42.0 Å². The highest BCUT2D eigenvalue weighted by Crippen LogP contribution is 2.28. The Morgan fingerprint density at radius 3 is 2.42 bits per heavy atom. The summed E-state index contributed by atoms with van der Waals surface area (Å²) in [5.41, 5.74) is 2.32. The molecule has 0 fully saturated rings. The quantitative estimate of drug-likeness (QED) is 0.907. The van der Waals surface area contributed by atoms with Crippen molar-refractivity contribution in [3.05, 3.63) is 65.2 Å². The van der Waals surface area contributed by atoms with Crippen molar-refractivity contribution in [2.24, 2.45) is 0 Å². The van der Waals surface area contributed by atoms with E-state index in [1.54, 1.807) is 7.11 Å². The predicted octanol–water partition coefficient (Wildman–Crippen LogP) is 3.45. The lowest BCUT2D eigenvalue weighted by Gasteiger charge is -2.24. The van der Waals surface area contributed by atoms with Crippen molar-refractivity contribution in [2.75, 3.05) is 7.11 Å². The molecule has 2 nitrogen and oxygen atoms in total. The maximum absolute atomic E-state index is 10.7. The zero-order valence-electron chi connectivity index (χ0n) is 11.7. The molecule has 100 valence electrons. The molecule has 0 aliphatic rings. The molecule has 2 aromatic carbocycles. The van der Waals surface area contributed by atoms with Gasteiger partial charge in [0.2, 0.25) is 0 Å². The van der Waals surface area contributed by atoms with Crippen LogP contribution in [0.25, 0.3) is 0 Å². The summed E-state index contributed by atoms with van der Waals surface area (Å²) in [7, 11) is 1.63. The van der Waals surface area contributed by atoms with Crippen molar-refractivity contribution < 1.29 is 9.84 Å². The highest BCUT2D eigenvalue weighted by atomic mass is 16.5. The van der Waals surface area contributed by atoms with Gasteiger partial charge in [-0.2, -0.15) is 0 Å². The minimum atomic E-state index is -0.899. The van der Waals surface area contributed by atoms with Crippen LogP contribution in [0, 0.1) is 6.92 Å². The monoisotopic (exact) mass is 256 g/mol. The summed E-state index contributed by atoms with van der Waals surface area (Å²) in [5.74, 6) is 0.765. The number of ether oxygens (including phenoxy) is 1. The van der Waals surface area contributed by atoms with E-state index in [1.165, 1.54) is 5.56 Å². The van der Waals surface area contributed by atoms with Crippen LogP contribution in [0.2, 0.25) is 0 Å². The molecule has 1 atom stereocenters. The van der Waals surface area contributed by atoms with E-state index < -0.39 is 5.60 Å². The number of benzene rings is 2. The highest BCUT2D eigenvalue weighted by molar-refractivity contribution is 5.33. The summed E-state index contributed by atoms with van der Waals surface area (Å²) in [6.45, 7) is 3.89. The smallest absolute Gasteiger partial charge is 0.119 e. The van der Waals surface area contributed by atoms with Crippen molar-refractivity contribution in [3.8, 4) is 5.75 Å². The highest BCUT2D eigenvalue weighted by Gasteiger charge is 2.23. The van der Waals surface area contributed by atoms with Gasteiger partial charge in [0.15, 0.2) is 0 Å². The van der Waals surface area contributed by atoms with Gasteiger partial charge in [-0.3, -0.25) is 0 Å². The molecule has 0 radical (unpaired) electrons. The predicted molar refractivity (Wildman–Crippen MR) is 77.4 cm³/mol. The van der Waals surface area contributed by atoms with Crippen LogP contribution in [-0.2, 0) is 12.0 Å². The molecule has 0 heterocycles. The van der Waals surface area contributed by atoms with Gasteiger partial charge in [-0.05, 0) is 37.1 Å². The summed E-state index contributed by atoms with van der Waals surface area (Å²) >= 11 is 0. The Labute approximate surface area is 114 Å². The second kappa shape index (κ2) is 5.45. The molecule has 0 amide bonds. The largest absolute Gasteiger partial charge is 0.497 e. The van der Waals surface area contributed by atoms with Gasteiger partial charge < -0.3 is 9.84 Å². The number of hydrogen-bond acceptors (Lipinski definition) is 2. The molecule has 2 rings (SSSR count). The Morgan fingerprint density at radius 2 is 1.79 bits per heavy atom. The van der Waals surface area contributed by atoms with E-state index in [4.69, 9.17) is 4.74 Å². The molecule has 0 saturated heterocycles. The molecule has 19 heavy (non-hydrogen) atoms. The first-order valence-corrected chi connectivity index (χ1v) is 6.44. The molecular weight excluding hydrogens is 236 g/mol. The van der Waals surface area contributed by atoms with Gasteiger partial charge in [-0.15, -0.1) is 0 Å². The van der Waals surface area contributed by atoms with E-state index in [-0.39, 0.29) is 0 Å². The van der Waals surface area contributed by atoms with Crippen molar-refractivity contribution >= 4 is 0 Å². The maximum Gasteiger partial charge on any atom is 0.119 e. The Hall–Kier alpha value is -1.80. The SMILES string of the molecule is COc1cccc(C(C)(O)Cc2ccc(C)cc2)c1. The number of hydrogen-bond donors (Lipinski definition) is 1. The van der Waals surface area contributed by atoms with Gasteiger partial charge in [0, 0.05) is 6.42 Å². The average Bonchev–Trinajstić information content (AvgIpc) is 2.41. The van der Waals surface area contributed by atoms with Gasteiger partial charge in [0.25, 0.3) is 0 Å². The molecule has 0 saturated carbocycles. The molecule has 0 aliphatic carbocycles. The minimum Gasteiger partial charge on any atom is -0.497 e. The van der Waals surface area contributed by atoms with E-state index in [1.807, 2.05) is 31.2 Å². The number of aryl methyl sites for hydroxylation is 1. The molecule has 2 aromatic rings. The summed E-state index contributed by atoms with van der Waals surface area (Å²) in [6.07, 6.45) is 0.584. The maximum atomic E-state index is 10.7. The van der Waals surface area contributed by atoms with Crippen molar-refractivity contribution in [2.45, 2.75) is 25.9 Å². The Morgan fingerprint density at radius 1 is 1.11 bits per heavy atom. The second-order valence-electron chi connectivity index (χ2n) is 5.17. The fourth-order valence-corrected chi connectivity index (χ4v) is 2.16. The fraction of sp³-hybridized carbons (Fsp3) is 0.294. The molecule has 0 aromatic heterocycles. The number of rotatable bonds is 4. The average molecular weight is 256 g/mol. The summed E-state index contributed by atoms with van der Waals surface area (Å²) in [4.78, 5) is 0. The second-order valence-corrected chi connectivity index (χ2v) is 5.17. The molecule has 2 heteroatoms. The Balaban J connectivity index is 2.23. The summed E-state index contributed by atoms with van der Waals surface area (Å²) < 4.78 is 5.20. The lowest BCUT2D eigenvalue weighted by atomic mass is 9.89. The normalized spacial score (nSPS) is 13.9. The zero-order valence-corrected chi connectivity index (χ0v) is 11.7. The van der Waals surface area contributed by atoms with Crippen LogP contribution < -0.4 is 4.74 Å². The van der Waals surface area contributed by atoms with Crippen molar-refractivity contribution in [1.82, 2.24) is 0 Å². The topological polar surface area (TPSA) is 29.5 Å². The van der Waals surface area contributed by atoms with Crippen LogP contribution in [0.1, 0.15) is 23.6 Å². The molecular formula is C17H20O2. The van der Waals surface area contributed by atoms with Gasteiger partial charge in [-0.25, -0.2) is 0 Å². The lowest BCUT2D eigenvalue weighted by molar-refractivity contribution is 0.0574. The van der Waals surface area contributed by atoms with Gasteiger partial charge >= 0.3 is 0 Å². The van der Waals surface area contributed by atoms with Crippen LogP contribution in [0.4, 0.5) is 0 Å². The first kappa shape index (κ1) is 13.6. The minimum absolute atomic E-state index is 0.584. The standard InChI is InChI=1S/C17H20O2/c1-13-7-9-14(10-8-13)12-17(2,18)15-5-4-6-16(11-15)19-3/h4-11,18H,12H2,1-3H3. The van der Waals surface area contributed by atoms with E-state index in [2.05, 4.69) is 31.2 Å². The fourth-order valence-electron chi connectivity index (χ4n) is 2.16. The summed E-state index contributed by atoms with van der Waals surface area (Å²) in [5, 5.41) is 10.7. The third-order valence-corrected chi connectivity index (χ3v) is 3.36. The van der Waals surface area contributed by atoms with E-state index in [0.717, 1.165) is 16.9 Å². The first-order chi connectivity index (χ1) is 9.01. The zero-order chi connectivity index (χ0) is 13.9. The van der Waals surface area contributed by atoms with Crippen LogP contribution in [0.5, 0.6) is 5.75 Å². The third kappa shape index (κ3) is 3.36. The molecule has 1 unspecified atom stereocenters. The molecule has 0 spiro atoms. The van der Waals surface area contributed by atoms with Crippen LogP contribution in [0.15, 0.2) is 48.5 Å². The van der Waals surface area contributed by atoms with E-state index in [0.29, 0.717) is 6.42 Å². The third-order valence-electron chi connectivity index (χ3n) is 3.36. The summed E-state index contributed by atoms with van der Waals surface area (Å²) in [6, 6.07) is 15.8. The molecule has 1 N–H and O–H groups in total. The lowest BCUT2D eigenvalue weighted by Crippen LogP contribution is -2.24.